The zero-order valence-electron chi connectivity index (χ0n) is 11.6. The Morgan fingerprint density at radius 2 is 2.05 bits per heavy atom. The molecule has 0 aliphatic heterocycles. The number of rotatable bonds is 3. The maximum atomic E-state index is 9.77. The van der Waals surface area contributed by atoms with E-state index in [2.05, 4.69) is 30.3 Å². The molecule has 0 amide bonds. The van der Waals surface area contributed by atoms with Crippen molar-refractivity contribution in [2.24, 2.45) is 0 Å². The summed E-state index contributed by atoms with van der Waals surface area (Å²) in [4.78, 5) is 0. The lowest BCUT2D eigenvalue weighted by molar-refractivity contribution is 0.413. The highest BCUT2D eigenvalue weighted by Crippen LogP contribution is 2.41. The van der Waals surface area contributed by atoms with E-state index in [1.54, 1.807) is 7.11 Å². The minimum Gasteiger partial charge on any atom is -0.497 e. The van der Waals surface area contributed by atoms with Crippen molar-refractivity contribution < 1.29 is 4.74 Å². The van der Waals surface area contributed by atoms with Crippen molar-refractivity contribution >= 4 is 0 Å². The number of hydrogen-bond acceptors (Lipinski definition) is 2. The van der Waals surface area contributed by atoms with Gasteiger partial charge in [-0.1, -0.05) is 36.4 Å². The topological polar surface area (TPSA) is 33.0 Å². The molecule has 0 aromatic heterocycles. The first-order valence-electron chi connectivity index (χ1n) is 6.90. The number of methoxy groups -OCH3 is 1. The van der Waals surface area contributed by atoms with E-state index in [0.717, 1.165) is 30.6 Å². The van der Waals surface area contributed by atoms with Crippen molar-refractivity contribution in [2.45, 2.75) is 24.7 Å². The first kappa shape index (κ1) is 12.7. The summed E-state index contributed by atoms with van der Waals surface area (Å²) in [7, 11) is 1.67. The van der Waals surface area contributed by atoms with E-state index in [1.807, 2.05) is 24.3 Å². The van der Waals surface area contributed by atoms with Gasteiger partial charge in [0.1, 0.15) is 5.75 Å². The van der Waals surface area contributed by atoms with Crippen LogP contribution in [-0.4, -0.2) is 7.11 Å². The van der Waals surface area contributed by atoms with Gasteiger partial charge in [-0.25, -0.2) is 0 Å². The Morgan fingerprint density at radius 3 is 2.85 bits per heavy atom. The molecule has 0 spiro atoms. The fourth-order valence-corrected chi connectivity index (χ4v) is 3.16. The largest absolute Gasteiger partial charge is 0.497 e. The molecule has 2 nitrogen and oxygen atoms in total. The fraction of sp³-hybridized carbons (Fsp3) is 0.278. The Hall–Kier alpha value is -2.27. The molecule has 3 rings (SSSR count). The molecule has 0 bridgehead atoms. The summed E-state index contributed by atoms with van der Waals surface area (Å²) in [5.74, 6) is 0.849. The van der Waals surface area contributed by atoms with Gasteiger partial charge in [0.15, 0.2) is 0 Å². The Balaban J connectivity index is 1.98. The molecule has 1 aliphatic carbocycles. The molecule has 1 unspecified atom stereocenters. The zero-order chi connectivity index (χ0) is 14.0. The summed E-state index contributed by atoms with van der Waals surface area (Å²) < 4.78 is 5.27. The third-order valence-corrected chi connectivity index (χ3v) is 4.21. The molecule has 0 heterocycles. The third kappa shape index (κ3) is 2.06. The number of nitriles is 1. The zero-order valence-corrected chi connectivity index (χ0v) is 11.6. The van der Waals surface area contributed by atoms with Gasteiger partial charge in [0, 0.05) is 0 Å². The normalized spacial score (nSPS) is 20.2. The maximum Gasteiger partial charge on any atom is 0.119 e. The highest BCUT2D eigenvalue weighted by atomic mass is 16.5. The van der Waals surface area contributed by atoms with Crippen LogP contribution in [0.2, 0.25) is 0 Å². The van der Waals surface area contributed by atoms with Gasteiger partial charge < -0.3 is 4.74 Å². The number of ether oxygens (including phenoxy) is 1. The standard InChI is InChI=1S/C18H17NO/c1-20-16-7-4-5-14(11-16)12-18(13-19)10-9-15-6-2-3-8-17(15)18/h2-8,11H,9-10,12H2,1H3. The molecule has 100 valence electrons. The number of hydrogen-bond donors (Lipinski definition) is 0. The van der Waals surface area contributed by atoms with Crippen LogP contribution in [0.1, 0.15) is 23.1 Å². The number of aryl methyl sites for hydroxylation is 1. The highest BCUT2D eigenvalue weighted by molar-refractivity contribution is 5.46. The lowest BCUT2D eigenvalue weighted by Crippen LogP contribution is -2.23. The molecule has 0 radical (unpaired) electrons. The van der Waals surface area contributed by atoms with Gasteiger partial charge in [-0.2, -0.15) is 5.26 Å². The molecule has 2 aromatic carbocycles. The molecule has 2 aromatic rings. The van der Waals surface area contributed by atoms with Gasteiger partial charge >= 0.3 is 0 Å². The smallest absolute Gasteiger partial charge is 0.119 e. The monoisotopic (exact) mass is 263 g/mol. The van der Waals surface area contributed by atoms with Crippen molar-refractivity contribution in [3.63, 3.8) is 0 Å². The first-order chi connectivity index (χ1) is 9.77. The summed E-state index contributed by atoms with van der Waals surface area (Å²) in [5.41, 5.74) is 3.29. The van der Waals surface area contributed by atoms with Crippen LogP contribution in [0.25, 0.3) is 0 Å². The van der Waals surface area contributed by atoms with Crippen molar-refractivity contribution in [2.75, 3.05) is 7.11 Å². The Labute approximate surface area is 119 Å². The second kappa shape index (κ2) is 5.02. The van der Waals surface area contributed by atoms with Crippen LogP contribution >= 0.6 is 0 Å². The molecular weight excluding hydrogens is 246 g/mol. The minimum atomic E-state index is -0.386. The van der Waals surface area contributed by atoms with E-state index in [0.29, 0.717) is 0 Å². The van der Waals surface area contributed by atoms with E-state index < -0.39 is 0 Å². The number of benzene rings is 2. The minimum absolute atomic E-state index is 0.386. The Kier molecular flexibility index (Phi) is 3.20. The van der Waals surface area contributed by atoms with E-state index in [-0.39, 0.29) is 5.41 Å². The molecule has 0 fully saturated rings. The number of nitrogens with zero attached hydrogens (tertiary/aromatic N) is 1. The van der Waals surface area contributed by atoms with Gasteiger partial charge in [-0.3, -0.25) is 0 Å². The lowest BCUT2D eigenvalue weighted by atomic mass is 9.78. The van der Waals surface area contributed by atoms with E-state index in [9.17, 15) is 5.26 Å². The third-order valence-electron chi connectivity index (χ3n) is 4.21. The van der Waals surface area contributed by atoms with Crippen molar-refractivity contribution in [1.29, 1.82) is 5.26 Å². The average molecular weight is 263 g/mol. The molecule has 2 heteroatoms. The van der Waals surface area contributed by atoms with E-state index >= 15 is 0 Å². The predicted molar refractivity (Wildman–Crippen MR) is 78.8 cm³/mol. The van der Waals surface area contributed by atoms with Gasteiger partial charge in [0.25, 0.3) is 0 Å². The van der Waals surface area contributed by atoms with Gasteiger partial charge in [0.2, 0.25) is 0 Å². The summed E-state index contributed by atoms with van der Waals surface area (Å²) >= 11 is 0. The van der Waals surface area contributed by atoms with Crippen LogP contribution in [0.5, 0.6) is 5.75 Å². The summed E-state index contributed by atoms with van der Waals surface area (Å²) in [6.45, 7) is 0. The summed E-state index contributed by atoms with van der Waals surface area (Å²) in [5, 5.41) is 9.77. The van der Waals surface area contributed by atoms with E-state index in [4.69, 9.17) is 4.74 Å². The Morgan fingerprint density at radius 1 is 1.20 bits per heavy atom. The van der Waals surface area contributed by atoms with Gasteiger partial charge in [-0.15, -0.1) is 0 Å². The van der Waals surface area contributed by atoms with Crippen molar-refractivity contribution in [3.8, 4) is 11.8 Å². The van der Waals surface area contributed by atoms with Crippen molar-refractivity contribution in [1.82, 2.24) is 0 Å². The van der Waals surface area contributed by atoms with E-state index in [1.165, 1.54) is 11.1 Å². The summed E-state index contributed by atoms with van der Waals surface area (Å²) in [6, 6.07) is 18.9. The van der Waals surface area contributed by atoms with Crippen molar-refractivity contribution in [3.05, 3.63) is 65.2 Å². The molecule has 0 saturated carbocycles. The maximum absolute atomic E-state index is 9.77. The van der Waals surface area contributed by atoms with Crippen LogP contribution in [-0.2, 0) is 18.3 Å². The second-order valence-electron chi connectivity index (χ2n) is 5.38. The first-order valence-corrected chi connectivity index (χ1v) is 6.90. The van der Waals surface area contributed by atoms with Crippen LogP contribution in [0.4, 0.5) is 0 Å². The highest BCUT2D eigenvalue weighted by Gasteiger charge is 2.38. The fourth-order valence-electron chi connectivity index (χ4n) is 3.16. The van der Waals surface area contributed by atoms with Crippen LogP contribution in [0, 0.1) is 11.3 Å². The van der Waals surface area contributed by atoms with Crippen LogP contribution in [0.15, 0.2) is 48.5 Å². The van der Waals surface area contributed by atoms with Gasteiger partial charge in [0.05, 0.1) is 18.6 Å². The molecule has 0 saturated heterocycles. The average Bonchev–Trinajstić information content (AvgIpc) is 2.87. The van der Waals surface area contributed by atoms with Crippen LogP contribution < -0.4 is 4.74 Å². The summed E-state index contributed by atoms with van der Waals surface area (Å²) in [6.07, 6.45) is 2.64. The molecule has 20 heavy (non-hydrogen) atoms. The SMILES string of the molecule is COc1cccc(CC2(C#N)CCc3ccccc32)c1. The molecular formula is C18H17NO. The lowest BCUT2D eigenvalue weighted by Gasteiger charge is -2.22. The Bertz CT molecular complexity index is 671. The quantitative estimate of drug-likeness (QED) is 0.847. The van der Waals surface area contributed by atoms with Gasteiger partial charge in [-0.05, 0) is 48.1 Å². The molecule has 1 atom stereocenters. The molecule has 0 N–H and O–H groups in total. The second-order valence-corrected chi connectivity index (χ2v) is 5.38. The molecule has 1 aliphatic rings. The number of fused-ring (bicyclic) bond motifs is 1. The predicted octanol–water partition coefficient (Wildman–Crippen LogP) is 3.65. The van der Waals surface area contributed by atoms with Crippen LogP contribution in [0.3, 0.4) is 0 Å².